The summed E-state index contributed by atoms with van der Waals surface area (Å²) in [5.74, 6) is 1.04. The predicted octanol–water partition coefficient (Wildman–Crippen LogP) is 5.44. The van der Waals surface area contributed by atoms with Gasteiger partial charge in [-0.1, -0.05) is 48.7 Å². The van der Waals surface area contributed by atoms with Gasteiger partial charge in [0.1, 0.15) is 28.8 Å². The van der Waals surface area contributed by atoms with Gasteiger partial charge in [-0.25, -0.2) is 0 Å². The zero-order valence-electron chi connectivity index (χ0n) is 16.7. The third-order valence-corrected chi connectivity index (χ3v) is 5.74. The van der Waals surface area contributed by atoms with Gasteiger partial charge in [-0.2, -0.15) is 0 Å². The Hall–Kier alpha value is -2.28. The first-order chi connectivity index (χ1) is 14.4. The van der Waals surface area contributed by atoms with Crippen LogP contribution in [0.2, 0.25) is 10.0 Å². The van der Waals surface area contributed by atoms with Crippen LogP contribution in [0, 0.1) is 0 Å². The third kappa shape index (κ3) is 5.06. The van der Waals surface area contributed by atoms with Crippen molar-refractivity contribution in [2.24, 2.45) is 0 Å². The second kappa shape index (κ2) is 10.2. The van der Waals surface area contributed by atoms with Gasteiger partial charge in [0, 0.05) is 12.1 Å². The number of thiocarbonyl (C=S) groups is 1. The second-order valence-corrected chi connectivity index (χ2v) is 7.88. The first kappa shape index (κ1) is 22.4. The first-order valence-corrected chi connectivity index (χ1v) is 10.7. The van der Waals surface area contributed by atoms with Crippen molar-refractivity contribution in [1.29, 1.82) is 0 Å². The van der Waals surface area contributed by atoms with Gasteiger partial charge in [-0.15, -0.1) is 0 Å². The van der Waals surface area contributed by atoms with Crippen LogP contribution in [-0.2, 0) is 11.4 Å². The highest BCUT2D eigenvalue weighted by molar-refractivity contribution is 7.80. The van der Waals surface area contributed by atoms with Crippen LogP contribution < -0.4 is 14.8 Å². The van der Waals surface area contributed by atoms with Crippen LogP contribution in [0.15, 0.2) is 42.1 Å². The SMILES string of the molecule is CCCCN1C(=O)/C(=C\c2ccc(OC)c(COc3cccc(Cl)c3Cl)c2)NC1=S. The molecule has 5 nitrogen and oxygen atoms in total. The number of ether oxygens (including phenoxy) is 2. The van der Waals surface area contributed by atoms with Gasteiger partial charge in [0.2, 0.25) is 0 Å². The molecule has 0 saturated carbocycles. The number of rotatable bonds is 8. The Bertz CT molecular complexity index is 994. The summed E-state index contributed by atoms with van der Waals surface area (Å²) in [5, 5.41) is 4.23. The molecule has 1 fully saturated rings. The van der Waals surface area contributed by atoms with E-state index in [1.54, 1.807) is 36.3 Å². The molecule has 0 aromatic heterocycles. The Morgan fingerprint density at radius 1 is 1.20 bits per heavy atom. The van der Waals surface area contributed by atoms with Gasteiger partial charge >= 0.3 is 0 Å². The van der Waals surface area contributed by atoms with E-state index in [2.05, 4.69) is 12.2 Å². The molecule has 0 bridgehead atoms. The van der Waals surface area contributed by atoms with Crippen molar-refractivity contribution in [3.05, 3.63) is 63.3 Å². The molecule has 3 rings (SSSR count). The van der Waals surface area contributed by atoms with Crippen molar-refractivity contribution >= 4 is 52.5 Å². The van der Waals surface area contributed by atoms with Crippen LogP contribution >= 0.6 is 35.4 Å². The Morgan fingerprint density at radius 2 is 2.00 bits per heavy atom. The lowest BCUT2D eigenvalue weighted by Crippen LogP contribution is -2.31. The molecule has 30 heavy (non-hydrogen) atoms. The quantitative estimate of drug-likeness (QED) is 0.416. The number of unbranched alkanes of at least 4 members (excludes halogenated alkanes) is 1. The van der Waals surface area contributed by atoms with Gasteiger partial charge in [-0.3, -0.25) is 9.69 Å². The van der Waals surface area contributed by atoms with Crippen LogP contribution in [0.25, 0.3) is 6.08 Å². The Labute approximate surface area is 191 Å². The molecule has 0 aliphatic carbocycles. The number of nitrogens with one attached hydrogen (secondary N) is 1. The van der Waals surface area contributed by atoms with Crippen molar-refractivity contribution in [3.8, 4) is 11.5 Å². The molecular weight excluding hydrogens is 443 g/mol. The third-order valence-electron chi connectivity index (χ3n) is 4.61. The highest BCUT2D eigenvalue weighted by atomic mass is 35.5. The fourth-order valence-electron chi connectivity index (χ4n) is 3.01. The molecule has 1 amide bonds. The molecule has 1 aliphatic rings. The van der Waals surface area contributed by atoms with E-state index in [-0.39, 0.29) is 12.5 Å². The van der Waals surface area contributed by atoms with E-state index in [4.69, 9.17) is 44.9 Å². The average Bonchev–Trinajstić information content (AvgIpc) is 3.00. The van der Waals surface area contributed by atoms with Gasteiger partial charge < -0.3 is 14.8 Å². The number of benzene rings is 2. The van der Waals surface area contributed by atoms with Gasteiger partial charge in [0.15, 0.2) is 5.11 Å². The number of hydrogen-bond acceptors (Lipinski definition) is 4. The van der Waals surface area contributed by atoms with Crippen molar-refractivity contribution in [2.45, 2.75) is 26.4 Å². The highest BCUT2D eigenvalue weighted by Gasteiger charge is 2.29. The number of carbonyl (C=O) groups is 1. The molecule has 8 heteroatoms. The second-order valence-electron chi connectivity index (χ2n) is 6.71. The summed E-state index contributed by atoms with van der Waals surface area (Å²) in [5.41, 5.74) is 2.08. The van der Waals surface area contributed by atoms with E-state index in [1.165, 1.54) is 0 Å². The molecule has 2 aromatic carbocycles. The number of methoxy groups -OCH3 is 1. The Morgan fingerprint density at radius 3 is 2.73 bits per heavy atom. The lowest BCUT2D eigenvalue weighted by atomic mass is 10.1. The summed E-state index contributed by atoms with van der Waals surface area (Å²) in [4.78, 5) is 14.2. The summed E-state index contributed by atoms with van der Waals surface area (Å²) in [6.45, 7) is 2.91. The van der Waals surface area contributed by atoms with E-state index in [0.29, 0.717) is 38.9 Å². The number of carbonyl (C=O) groups excluding carboxylic acids is 1. The van der Waals surface area contributed by atoms with Crippen molar-refractivity contribution in [3.63, 3.8) is 0 Å². The van der Waals surface area contributed by atoms with Crippen LogP contribution in [0.3, 0.4) is 0 Å². The molecule has 2 aromatic rings. The largest absolute Gasteiger partial charge is 0.496 e. The minimum Gasteiger partial charge on any atom is -0.496 e. The minimum atomic E-state index is -0.118. The summed E-state index contributed by atoms with van der Waals surface area (Å²) in [6.07, 6.45) is 3.66. The maximum atomic E-state index is 12.6. The number of halogens is 2. The maximum absolute atomic E-state index is 12.6. The highest BCUT2D eigenvalue weighted by Crippen LogP contribution is 2.33. The minimum absolute atomic E-state index is 0.118. The van der Waals surface area contributed by atoms with Crippen LogP contribution in [0.1, 0.15) is 30.9 Å². The average molecular weight is 465 g/mol. The molecule has 1 saturated heterocycles. The summed E-state index contributed by atoms with van der Waals surface area (Å²) < 4.78 is 11.3. The van der Waals surface area contributed by atoms with E-state index >= 15 is 0 Å². The molecule has 0 radical (unpaired) electrons. The Kier molecular flexibility index (Phi) is 7.58. The smallest absolute Gasteiger partial charge is 0.276 e. The molecule has 0 unspecified atom stereocenters. The molecule has 1 N–H and O–H groups in total. The van der Waals surface area contributed by atoms with Crippen molar-refractivity contribution < 1.29 is 14.3 Å². The van der Waals surface area contributed by atoms with E-state index in [0.717, 1.165) is 24.0 Å². The standard InChI is InChI=1S/C22H22Cl2N2O3S/c1-3-4-10-26-21(27)17(25-22(26)30)12-14-8-9-18(28-2)15(11-14)13-29-19-7-5-6-16(23)20(19)24/h5-9,11-12H,3-4,10,13H2,1-2H3,(H,25,30)/b17-12+. The number of amides is 1. The fraction of sp³-hybridized carbons (Fsp3) is 0.273. The number of hydrogen-bond donors (Lipinski definition) is 1. The molecule has 158 valence electrons. The maximum Gasteiger partial charge on any atom is 0.276 e. The fourth-order valence-corrected chi connectivity index (χ4v) is 3.64. The van der Waals surface area contributed by atoms with Gasteiger partial charge in [0.05, 0.1) is 12.1 Å². The molecule has 0 atom stereocenters. The van der Waals surface area contributed by atoms with Crippen molar-refractivity contribution in [2.75, 3.05) is 13.7 Å². The predicted molar refractivity (Wildman–Crippen MR) is 124 cm³/mol. The zero-order valence-corrected chi connectivity index (χ0v) is 19.0. The topological polar surface area (TPSA) is 50.8 Å². The molecule has 0 spiro atoms. The summed E-state index contributed by atoms with van der Waals surface area (Å²) in [7, 11) is 1.59. The van der Waals surface area contributed by atoms with E-state index < -0.39 is 0 Å². The van der Waals surface area contributed by atoms with Crippen LogP contribution in [-0.4, -0.2) is 29.6 Å². The summed E-state index contributed by atoms with van der Waals surface area (Å²) in [6, 6.07) is 10.8. The molecule has 1 aliphatic heterocycles. The monoisotopic (exact) mass is 464 g/mol. The molecular formula is C22H22Cl2N2O3S. The molecule has 1 heterocycles. The van der Waals surface area contributed by atoms with Crippen LogP contribution in [0.5, 0.6) is 11.5 Å². The van der Waals surface area contributed by atoms with Crippen LogP contribution in [0.4, 0.5) is 0 Å². The van der Waals surface area contributed by atoms with E-state index in [1.807, 2.05) is 18.2 Å². The zero-order chi connectivity index (χ0) is 21.7. The number of nitrogens with zero attached hydrogens (tertiary/aromatic N) is 1. The van der Waals surface area contributed by atoms with Crippen molar-refractivity contribution in [1.82, 2.24) is 10.2 Å². The normalized spacial score (nSPS) is 14.9. The Balaban J connectivity index is 1.80. The lowest BCUT2D eigenvalue weighted by Gasteiger charge is -2.13. The summed E-state index contributed by atoms with van der Waals surface area (Å²) >= 11 is 17.5. The first-order valence-electron chi connectivity index (χ1n) is 9.52. The lowest BCUT2D eigenvalue weighted by molar-refractivity contribution is -0.122. The van der Waals surface area contributed by atoms with Gasteiger partial charge in [0.25, 0.3) is 5.91 Å². The van der Waals surface area contributed by atoms with E-state index in [9.17, 15) is 4.79 Å². The van der Waals surface area contributed by atoms with Gasteiger partial charge in [-0.05, 0) is 54.5 Å².